The molecule has 3 aromatic rings. The van der Waals surface area contributed by atoms with Crippen LogP contribution in [0.4, 0.5) is 0 Å². The van der Waals surface area contributed by atoms with Gasteiger partial charge in [0.25, 0.3) is 0 Å². The van der Waals surface area contributed by atoms with E-state index < -0.39 is 0 Å². The van der Waals surface area contributed by atoms with E-state index in [9.17, 15) is 0 Å². The van der Waals surface area contributed by atoms with Crippen LogP contribution in [0.5, 0.6) is 0 Å². The van der Waals surface area contributed by atoms with Crippen molar-refractivity contribution in [1.29, 1.82) is 0 Å². The standard InChI is InChI=1S/C23H31N7S/c1-18-10-12-29(13-11-18)20(21-9-6-14-31-21)15-25-23(24-2)26-16-22-28-27-17-30(22)19-7-4-3-5-8-19/h3-9,14,17-18,20H,10-13,15-16H2,1-2H3,(H2,24,25,26). The molecule has 0 saturated carbocycles. The quantitative estimate of drug-likeness (QED) is 0.438. The summed E-state index contributed by atoms with van der Waals surface area (Å²) in [6, 6.07) is 14.9. The summed E-state index contributed by atoms with van der Waals surface area (Å²) in [6.07, 6.45) is 4.28. The van der Waals surface area contributed by atoms with Crippen LogP contribution in [-0.4, -0.2) is 52.3 Å². The van der Waals surface area contributed by atoms with Crippen molar-refractivity contribution in [2.45, 2.75) is 32.4 Å². The van der Waals surface area contributed by atoms with Crippen LogP contribution < -0.4 is 10.6 Å². The molecule has 1 aliphatic rings. The molecule has 4 rings (SSSR count). The molecule has 2 aromatic heterocycles. The molecule has 31 heavy (non-hydrogen) atoms. The van der Waals surface area contributed by atoms with E-state index in [1.165, 1.54) is 17.7 Å². The molecule has 7 nitrogen and oxygen atoms in total. The lowest BCUT2D eigenvalue weighted by Gasteiger charge is -2.36. The molecule has 3 heterocycles. The number of nitrogens with one attached hydrogen (secondary N) is 2. The largest absolute Gasteiger partial charge is 0.354 e. The van der Waals surface area contributed by atoms with Crippen LogP contribution in [0.25, 0.3) is 5.69 Å². The number of guanidine groups is 1. The fourth-order valence-corrected chi connectivity index (χ4v) is 4.85. The molecular weight excluding hydrogens is 406 g/mol. The number of benzene rings is 1. The van der Waals surface area contributed by atoms with Crippen LogP contribution in [-0.2, 0) is 6.54 Å². The zero-order valence-electron chi connectivity index (χ0n) is 18.2. The second-order valence-electron chi connectivity index (χ2n) is 8.01. The van der Waals surface area contributed by atoms with Gasteiger partial charge in [0.15, 0.2) is 11.8 Å². The summed E-state index contributed by atoms with van der Waals surface area (Å²) in [6.45, 7) is 6.02. The lowest BCUT2D eigenvalue weighted by atomic mass is 9.97. The first-order valence-electron chi connectivity index (χ1n) is 10.9. The van der Waals surface area contributed by atoms with Crippen LogP contribution in [0.2, 0.25) is 0 Å². The van der Waals surface area contributed by atoms with Crippen molar-refractivity contribution < 1.29 is 0 Å². The number of hydrogen-bond donors (Lipinski definition) is 2. The van der Waals surface area contributed by atoms with Crippen LogP contribution in [0, 0.1) is 5.92 Å². The van der Waals surface area contributed by atoms with Gasteiger partial charge in [-0.2, -0.15) is 0 Å². The van der Waals surface area contributed by atoms with Gasteiger partial charge in [0, 0.05) is 24.2 Å². The van der Waals surface area contributed by atoms with Crippen LogP contribution >= 0.6 is 11.3 Å². The molecule has 1 unspecified atom stereocenters. The molecule has 1 atom stereocenters. The average molecular weight is 438 g/mol. The lowest BCUT2D eigenvalue weighted by Crippen LogP contribution is -2.44. The Kier molecular flexibility index (Phi) is 7.32. The number of aliphatic imine (C=N–C) groups is 1. The van der Waals surface area contributed by atoms with Gasteiger partial charge in [0.05, 0.1) is 12.6 Å². The van der Waals surface area contributed by atoms with E-state index in [4.69, 9.17) is 0 Å². The Labute approximate surface area is 188 Å². The zero-order valence-corrected chi connectivity index (χ0v) is 19.1. The van der Waals surface area contributed by atoms with Gasteiger partial charge in [-0.1, -0.05) is 31.2 Å². The molecule has 164 valence electrons. The molecule has 8 heteroatoms. The summed E-state index contributed by atoms with van der Waals surface area (Å²) < 4.78 is 1.99. The summed E-state index contributed by atoms with van der Waals surface area (Å²) in [7, 11) is 1.81. The Hall–Kier alpha value is -2.71. The number of likely N-dealkylation sites (tertiary alicyclic amines) is 1. The van der Waals surface area contributed by atoms with E-state index in [-0.39, 0.29) is 0 Å². The molecule has 1 aliphatic heterocycles. The van der Waals surface area contributed by atoms with Crippen LogP contribution in [0.15, 0.2) is 59.2 Å². The van der Waals surface area contributed by atoms with E-state index >= 15 is 0 Å². The Morgan fingerprint density at radius 1 is 1.16 bits per heavy atom. The highest BCUT2D eigenvalue weighted by Gasteiger charge is 2.25. The third-order valence-corrected chi connectivity index (χ3v) is 6.86. The summed E-state index contributed by atoms with van der Waals surface area (Å²) in [5, 5.41) is 17.5. The van der Waals surface area contributed by atoms with Crippen molar-refractivity contribution in [3.05, 3.63) is 64.9 Å². The molecule has 0 spiro atoms. The Bertz CT molecular complexity index is 943. The maximum atomic E-state index is 4.42. The first-order chi connectivity index (χ1) is 15.2. The second-order valence-corrected chi connectivity index (χ2v) is 8.99. The summed E-state index contributed by atoms with van der Waals surface area (Å²) >= 11 is 1.83. The zero-order chi connectivity index (χ0) is 21.5. The minimum atomic E-state index is 0.360. The van der Waals surface area contributed by atoms with Gasteiger partial charge >= 0.3 is 0 Å². The van der Waals surface area contributed by atoms with Gasteiger partial charge < -0.3 is 10.6 Å². The number of para-hydroxylation sites is 1. The number of nitrogens with zero attached hydrogens (tertiary/aromatic N) is 5. The van der Waals surface area contributed by atoms with Gasteiger partial charge in [-0.15, -0.1) is 21.5 Å². The van der Waals surface area contributed by atoms with Gasteiger partial charge in [0.1, 0.15) is 6.33 Å². The van der Waals surface area contributed by atoms with Crippen molar-refractivity contribution in [1.82, 2.24) is 30.3 Å². The molecule has 0 radical (unpaired) electrons. The fourth-order valence-electron chi connectivity index (χ4n) is 3.99. The normalized spacial score (nSPS) is 16.9. The molecular formula is C23H31N7S. The Balaban J connectivity index is 1.37. The molecule has 0 aliphatic carbocycles. The summed E-state index contributed by atoms with van der Waals surface area (Å²) in [5.41, 5.74) is 1.05. The van der Waals surface area contributed by atoms with E-state index in [2.05, 4.69) is 55.2 Å². The Morgan fingerprint density at radius 3 is 2.68 bits per heavy atom. The van der Waals surface area contributed by atoms with Crippen molar-refractivity contribution in [2.24, 2.45) is 10.9 Å². The number of thiophene rings is 1. The molecule has 1 fully saturated rings. The summed E-state index contributed by atoms with van der Waals surface area (Å²) in [4.78, 5) is 8.44. The van der Waals surface area contributed by atoms with Crippen molar-refractivity contribution in [3.8, 4) is 5.69 Å². The van der Waals surface area contributed by atoms with Gasteiger partial charge in [-0.3, -0.25) is 14.5 Å². The minimum Gasteiger partial charge on any atom is -0.354 e. The van der Waals surface area contributed by atoms with Crippen molar-refractivity contribution >= 4 is 17.3 Å². The smallest absolute Gasteiger partial charge is 0.191 e. The predicted molar refractivity (Wildman–Crippen MR) is 127 cm³/mol. The fraction of sp³-hybridized carbons (Fsp3) is 0.435. The van der Waals surface area contributed by atoms with Gasteiger partial charge in [0.2, 0.25) is 0 Å². The molecule has 1 saturated heterocycles. The number of rotatable bonds is 7. The first-order valence-corrected chi connectivity index (χ1v) is 11.8. The topological polar surface area (TPSA) is 70.4 Å². The predicted octanol–water partition coefficient (Wildman–Crippen LogP) is 3.47. The lowest BCUT2D eigenvalue weighted by molar-refractivity contribution is 0.140. The third-order valence-electron chi connectivity index (χ3n) is 5.88. The van der Waals surface area contributed by atoms with Crippen molar-refractivity contribution in [2.75, 3.05) is 26.7 Å². The summed E-state index contributed by atoms with van der Waals surface area (Å²) in [5.74, 6) is 2.44. The monoisotopic (exact) mass is 437 g/mol. The van der Waals surface area contributed by atoms with E-state index in [1.54, 1.807) is 13.4 Å². The van der Waals surface area contributed by atoms with Crippen molar-refractivity contribution in [3.63, 3.8) is 0 Å². The molecule has 1 aromatic carbocycles. The highest BCUT2D eigenvalue weighted by Crippen LogP contribution is 2.29. The number of aromatic nitrogens is 3. The second kappa shape index (κ2) is 10.5. The van der Waals surface area contributed by atoms with E-state index in [0.29, 0.717) is 12.6 Å². The molecule has 0 bridgehead atoms. The highest BCUT2D eigenvalue weighted by atomic mass is 32.1. The third kappa shape index (κ3) is 5.51. The van der Waals surface area contributed by atoms with E-state index in [0.717, 1.165) is 43.0 Å². The van der Waals surface area contributed by atoms with Crippen LogP contribution in [0.3, 0.4) is 0 Å². The number of hydrogen-bond acceptors (Lipinski definition) is 5. The first kappa shape index (κ1) is 21.5. The average Bonchev–Trinajstić information content (AvgIpc) is 3.50. The highest BCUT2D eigenvalue weighted by molar-refractivity contribution is 7.10. The molecule has 0 amide bonds. The maximum Gasteiger partial charge on any atom is 0.191 e. The molecule has 2 N–H and O–H groups in total. The minimum absolute atomic E-state index is 0.360. The Morgan fingerprint density at radius 2 is 1.97 bits per heavy atom. The maximum absolute atomic E-state index is 4.42. The van der Waals surface area contributed by atoms with Crippen LogP contribution in [0.1, 0.15) is 36.5 Å². The van der Waals surface area contributed by atoms with Gasteiger partial charge in [-0.25, -0.2) is 0 Å². The number of piperidine rings is 1. The SMILES string of the molecule is CN=C(NCc1nncn1-c1ccccc1)NCC(c1cccs1)N1CCC(C)CC1. The van der Waals surface area contributed by atoms with Gasteiger partial charge in [-0.05, 0) is 55.4 Å². The van der Waals surface area contributed by atoms with E-state index in [1.807, 2.05) is 46.2 Å².